The first-order chi connectivity index (χ1) is 6.38. The zero-order valence-corrected chi connectivity index (χ0v) is 8.99. The summed E-state index contributed by atoms with van der Waals surface area (Å²) in [7, 11) is 0. The predicted molar refractivity (Wildman–Crippen MR) is 49.5 cm³/mol. The number of carbonyl (C=O) groups is 2. The molecule has 0 aromatic rings. The van der Waals surface area contributed by atoms with Crippen molar-refractivity contribution in [3.63, 3.8) is 0 Å². The third-order valence-electron chi connectivity index (χ3n) is 3.05. The molecule has 0 aromatic heterocycles. The van der Waals surface area contributed by atoms with E-state index in [1.807, 2.05) is 13.8 Å². The molecule has 0 amide bonds. The Morgan fingerprint density at radius 3 is 2.36 bits per heavy atom. The molecule has 1 rings (SSSR count). The summed E-state index contributed by atoms with van der Waals surface area (Å²) >= 11 is 0. The fourth-order valence-electron chi connectivity index (χ4n) is 1.55. The maximum Gasteiger partial charge on any atom is 0.304 e. The molecule has 0 aromatic carbocycles. The summed E-state index contributed by atoms with van der Waals surface area (Å²) in [4.78, 5) is 22.1. The molecule has 14 heavy (non-hydrogen) atoms. The van der Waals surface area contributed by atoms with Crippen LogP contribution in [0.2, 0.25) is 0 Å². The smallest absolute Gasteiger partial charge is 0.304 e. The molecule has 4 heteroatoms. The van der Waals surface area contributed by atoms with Crippen LogP contribution in [0, 0.1) is 11.3 Å². The lowest BCUT2D eigenvalue weighted by Crippen LogP contribution is -2.34. The van der Waals surface area contributed by atoms with Crippen LogP contribution in [0.1, 0.15) is 27.7 Å². The predicted octanol–water partition coefficient (Wildman–Crippen LogP) is 1.14. The molecule has 0 bridgehead atoms. The van der Waals surface area contributed by atoms with Crippen LogP contribution in [-0.4, -0.2) is 24.6 Å². The lowest BCUT2D eigenvalue weighted by molar-refractivity contribution is -0.172. The maximum absolute atomic E-state index is 11.4. The van der Waals surface area contributed by atoms with Crippen LogP contribution in [0.25, 0.3) is 0 Å². The van der Waals surface area contributed by atoms with Gasteiger partial charge in [-0.3, -0.25) is 9.59 Å². The van der Waals surface area contributed by atoms with E-state index in [4.69, 9.17) is 9.47 Å². The van der Waals surface area contributed by atoms with Gasteiger partial charge in [0.25, 0.3) is 0 Å². The largest absolute Gasteiger partial charge is 0.436 e. The molecular weight excluding hydrogens is 184 g/mol. The molecule has 1 fully saturated rings. The number of hydrogen-bond acceptors (Lipinski definition) is 4. The average molecular weight is 200 g/mol. The van der Waals surface area contributed by atoms with Crippen LogP contribution in [0.4, 0.5) is 0 Å². The molecule has 1 aliphatic heterocycles. The normalized spacial score (nSPS) is 36.9. The van der Waals surface area contributed by atoms with Gasteiger partial charge in [-0.1, -0.05) is 6.92 Å². The van der Waals surface area contributed by atoms with E-state index in [-0.39, 0.29) is 17.7 Å². The first-order valence-electron chi connectivity index (χ1n) is 4.68. The molecule has 1 heterocycles. The minimum atomic E-state index is -0.582. The van der Waals surface area contributed by atoms with Gasteiger partial charge in [0.05, 0.1) is 12.0 Å². The minimum Gasteiger partial charge on any atom is -0.436 e. The van der Waals surface area contributed by atoms with Crippen LogP contribution in [0.15, 0.2) is 0 Å². The van der Waals surface area contributed by atoms with Crippen LogP contribution in [0.5, 0.6) is 0 Å². The van der Waals surface area contributed by atoms with Gasteiger partial charge in [-0.15, -0.1) is 0 Å². The van der Waals surface area contributed by atoms with Gasteiger partial charge in [0.15, 0.2) is 0 Å². The lowest BCUT2D eigenvalue weighted by Gasteiger charge is -2.25. The molecule has 0 N–H and O–H groups in total. The zero-order chi connectivity index (χ0) is 10.9. The maximum atomic E-state index is 11.4. The highest BCUT2D eigenvalue weighted by atomic mass is 16.7. The van der Waals surface area contributed by atoms with Crippen molar-refractivity contribution in [2.24, 2.45) is 11.3 Å². The fraction of sp³-hybridized carbons (Fsp3) is 0.800. The summed E-state index contributed by atoms with van der Waals surface area (Å²) in [6.45, 7) is 6.89. The topological polar surface area (TPSA) is 52.6 Å². The molecule has 3 atom stereocenters. The molecular formula is C10H16O4. The van der Waals surface area contributed by atoms with Crippen LogP contribution in [0.3, 0.4) is 0 Å². The van der Waals surface area contributed by atoms with Gasteiger partial charge >= 0.3 is 5.97 Å². The summed E-state index contributed by atoms with van der Waals surface area (Å²) in [5.74, 6) is -0.404. The van der Waals surface area contributed by atoms with Gasteiger partial charge in [0.2, 0.25) is 6.29 Å². The number of hydrogen-bond donors (Lipinski definition) is 0. The second-order valence-electron chi connectivity index (χ2n) is 4.05. The Bertz CT molecular complexity index is 261. The van der Waals surface area contributed by atoms with Crippen LogP contribution in [-0.2, 0) is 19.1 Å². The van der Waals surface area contributed by atoms with Crippen molar-refractivity contribution in [2.75, 3.05) is 6.61 Å². The molecule has 0 spiro atoms. The van der Waals surface area contributed by atoms with Crippen LogP contribution >= 0.6 is 0 Å². The number of esters is 1. The standard InChI is InChI=1S/C10H16O4/c1-6-9(14-8(3)12)13-5-10(6,4)7(2)11/h6,9H,5H2,1-4H3/t6-,9-,10+/m1/s1. The number of rotatable bonds is 2. The highest BCUT2D eigenvalue weighted by Gasteiger charge is 2.48. The van der Waals surface area contributed by atoms with E-state index in [9.17, 15) is 9.59 Å². The van der Waals surface area contributed by atoms with Crippen molar-refractivity contribution in [2.45, 2.75) is 34.0 Å². The Hall–Kier alpha value is -0.900. The molecule has 1 aliphatic rings. The Morgan fingerprint density at radius 1 is 1.43 bits per heavy atom. The monoisotopic (exact) mass is 200 g/mol. The quantitative estimate of drug-likeness (QED) is 0.627. The molecule has 1 saturated heterocycles. The molecule has 0 saturated carbocycles. The second-order valence-corrected chi connectivity index (χ2v) is 4.05. The molecule has 0 aliphatic carbocycles. The van der Waals surface area contributed by atoms with Gasteiger partial charge < -0.3 is 9.47 Å². The SMILES string of the molecule is CC(=O)O[C@H]1OC[C@](C)(C(C)=O)[C@@H]1C. The van der Waals surface area contributed by atoms with Crippen molar-refractivity contribution in [1.82, 2.24) is 0 Å². The Balaban J connectivity index is 2.73. The first-order valence-corrected chi connectivity index (χ1v) is 4.68. The summed E-state index contributed by atoms with van der Waals surface area (Å²) in [5.41, 5.74) is -0.528. The van der Waals surface area contributed by atoms with Crippen molar-refractivity contribution in [3.8, 4) is 0 Å². The highest BCUT2D eigenvalue weighted by Crippen LogP contribution is 2.39. The summed E-state index contributed by atoms with van der Waals surface area (Å²) < 4.78 is 10.2. The molecule has 4 nitrogen and oxygen atoms in total. The van der Waals surface area contributed by atoms with Gasteiger partial charge in [0, 0.05) is 12.8 Å². The summed E-state index contributed by atoms with van der Waals surface area (Å²) in [6.07, 6.45) is -0.582. The number of carbonyl (C=O) groups excluding carboxylic acids is 2. The molecule has 0 unspecified atom stereocenters. The van der Waals surface area contributed by atoms with Crippen molar-refractivity contribution in [1.29, 1.82) is 0 Å². The van der Waals surface area contributed by atoms with E-state index in [0.29, 0.717) is 6.61 Å². The van der Waals surface area contributed by atoms with Gasteiger partial charge in [-0.05, 0) is 13.8 Å². The minimum absolute atomic E-state index is 0.0691. The Morgan fingerprint density at radius 2 is 2.00 bits per heavy atom. The average Bonchev–Trinajstić information content (AvgIpc) is 2.33. The van der Waals surface area contributed by atoms with Crippen molar-refractivity contribution >= 4 is 11.8 Å². The Kier molecular flexibility index (Phi) is 2.95. The number of Topliss-reactive ketones (excluding diaryl/α,β-unsaturated/α-hetero) is 1. The van der Waals surface area contributed by atoms with Crippen molar-refractivity contribution in [3.05, 3.63) is 0 Å². The Labute approximate surface area is 83.6 Å². The van der Waals surface area contributed by atoms with E-state index < -0.39 is 11.7 Å². The van der Waals surface area contributed by atoms with E-state index in [1.54, 1.807) is 0 Å². The molecule has 0 radical (unpaired) electrons. The lowest BCUT2D eigenvalue weighted by atomic mass is 9.77. The second kappa shape index (κ2) is 3.69. The highest BCUT2D eigenvalue weighted by molar-refractivity contribution is 5.82. The first kappa shape index (κ1) is 11.2. The van der Waals surface area contributed by atoms with E-state index in [2.05, 4.69) is 0 Å². The third kappa shape index (κ3) is 1.80. The van der Waals surface area contributed by atoms with E-state index in [0.717, 1.165) is 0 Å². The summed E-state index contributed by atoms with van der Waals surface area (Å²) in [5, 5.41) is 0. The van der Waals surface area contributed by atoms with Gasteiger partial charge in [-0.25, -0.2) is 0 Å². The zero-order valence-electron chi connectivity index (χ0n) is 8.99. The number of ether oxygens (including phenoxy) is 2. The number of ketones is 1. The fourth-order valence-corrected chi connectivity index (χ4v) is 1.55. The molecule has 80 valence electrons. The van der Waals surface area contributed by atoms with Gasteiger partial charge in [-0.2, -0.15) is 0 Å². The van der Waals surface area contributed by atoms with E-state index in [1.165, 1.54) is 13.8 Å². The summed E-state index contributed by atoms with van der Waals surface area (Å²) in [6, 6.07) is 0. The van der Waals surface area contributed by atoms with Gasteiger partial charge in [0.1, 0.15) is 5.78 Å². The van der Waals surface area contributed by atoms with Crippen molar-refractivity contribution < 1.29 is 19.1 Å². The third-order valence-corrected chi connectivity index (χ3v) is 3.05. The van der Waals surface area contributed by atoms with Crippen LogP contribution < -0.4 is 0 Å². The van der Waals surface area contributed by atoms with E-state index >= 15 is 0 Å².